The van der Waals surface area contributed by atoms with E-state index < -0.39 is 0 Å². The van der Waals surface area contributed by atoms with Gasteiger partial charge in [-0.25, -0.2) is 0 Å². The number of benzene rings is 1. The number of hydrogen-bond acceptors (Lipinski definition) is 3. The molecule has 1 heterocycles. The van der Waals surface area contributed by atoms with Crippen LogP contribution in [0.2, 0.25) is 0 Å². The minimum atomic E-state index is 0.140. The Balaban J connectivity index is 2.06. The standard InChI is InChI=1S/C14H21NOS/c1-2-16-12-7-5-6-11(10-12)14(15)13-8-3-4-9-17-13/h5-7,10,13-14H,2-4,8-9,15H2,1H3. The quantitative estimate of drug-likeness (QED) is 0.891. The van der Waals surface area contributed by atoms with Crippen molar-refractivity contribution in [3.63, 3.8) is 0 Å². The van der Waals surface area contributed by atoms with Gasteiger partial charge in [0.15, 0.2) is 0 Å². The highest BCUT2D eigenvalue weighted by molar-refractivity contribution is 8.00. The summed E-state index contributed by atoms with van der Waals surface area (Å²) < 4.78 is 5.52. The molecule has 1 saturated heterocycles. The number of thioether (sulfide) groups is 1. The van der Waals surface area contributed by atoms with Gasteiger partial charge in [0.2, 0.25) is 0 Å². The summed E-state index contributed by atoms with van der Waals surface area (Å²) in [5.41, 5.74) is 7.56. The van der Waals surface area contributed by atoms with E-state index in [2.05, 4.69) is 12.1 Å². The van der Waals surface area contributed by atoms with E-state index in [4.69, 9.17) is 10.5 Å². The van der Waals surface area contributed by atoms with Gasteiger partial charge in [-0.1, -0.05) is 18.6 Å². The predicted octanol–water partition coefficient (Wildman–Crippen LogP) is 3.37. The highest BCUT2D eigenvalue weighted by atomic mass is 32.2. The molecule has 1 fully saturated rings. The van der Waals surface area contributed by atoms with Gasteiger partial charge in [0.25, 0.3) is 0 Å². The summed E-state index contributed by atoms with van der Waals surface area (Å²) in [5, 5.41) is 0.570. The van der Waals surface area contributed by atoms with Crippen LogP contribution in [0.3, 0.4) is 0 Å². The Labute approximate surface area is 108 Å². The van der Waals surface area contributed by atoms with E-state index in [1.54, 1.807) is 0 Å². The molecule has 94 valence electrons. The number of ether oxygens (including phenoxy) is 1. The molecule has 0 aromatic heterocycles. The molecule has 1 aromatic carbocycles. The first-order chi connectivity index (χ1) is 8.31. The van der Waals surface area contributed by atoms with Crippen LogP contribution >= 0.6 is 11.8 Å². The molecule has 1 aliphatic heterocycles. The summed E-state index contributed by atoms with van der Waals surface area (Å²) in [7, 11) is 0. The van der Waals surface area contributed by atoms with Crippen molar-refractivity contribution in [2.45, 2.75) is 37.5 Å². The molecule has 1 aromatic rings. The van der Waals surface area contributed by atoms with E-state index in [9.17, 15) is 0 Å². The molecule has 2 N–H and O–H groups in total. The minimum absolute atomic E-state index is 0.140. The molecule has 0 spiro atoms. The number of nitrogens with two attached hydrogens (primary N) is 1. The Morgan fingerprint density at radius 3 is 3.06 bits per heavy atom. The molecule has 2 rings (SSSR count). The van der Waals surface area contributed by atoms with Gasteiger partial charge in [-0.2, -0.15) is 11.8 Å². The molecular formula is C14H21NOS. The fourth-order valence-corrected chi connectivity index (χ4v) is 3.61. The number of rotatable bonds is 4. The maximum absolute atomic E-state index is 6.36. The Kier molecular flexibility index (Phi) is 4.75. The van der Waals surface area contributed by atoms with Crippen molar-refractivity contribution in [2.24, 2.45) is 5.73 Å². The predicted molar refractivity (Wildman–Crippen MR) is 74.6 cm³/mol. The first-order valence-electron chi connectivity index (χ1n) is 6.41. The third-order valence-corrected chi connectivity index (χ3v) is 4.65. The fourth-order valence-electron chi connectivity index (χ4n) is 2.24. The first kappa shape index (κ1) is 12.8. The Morgan fingerprint density at radius 2 is 2.35 bits per heavy atom. The summed E-state index contributed by atoms with van der Waals surface area (Å²) in [6, 6.07) is 8.37. The second kappa shape index (κ2) is 6.31. The van der Waals surface area contributed by atoms with Crippen molar-refractivity contribution in [3.8, 4) is 5.75 Å². The highest BCUT2D eigenvalue weighted by Crippen LogP contribution is 2.34. The molecule has 2 nitrogen and oxygen atoms in total. The second-order valence-electron chi connectivity index (χ2n) is 4.44. The molecule has 0 amide bonds. The van der Waals surface area contributed by atoms with Crippen LogP contribution in [0, 0.1) is 0 Å². The molecule has 2 atom stereocenters. The molecule has 0 aliphatic carbocycles. The van der Waals surface area contributed by atoms with Gasteiger partial charge in [0.1, 0.15) is 5.75 Å². The maximum atomic E-state index is 6.36. The lowest BCUT2D eigenvalue weighted by Gasteiger charge is -2.27. The zero-order valence-electron chi connectivity index (χ0n) is 10.4. The van der Waals surface area contributed by atoms with Gasteiger partial charge in [0, 0.05) is 11.3 Å². The van der Waals surface area contributed by atoms with Crippen molar-refractivity contribution in [1.82, 2.24) is 0 Å². The van der Waals surface area contributed by atoms with Crippen LogP contribution in [0.4, 0.5) is 0 Å². The van der Waals surface area contributed by atoms with Crippen molar-refractivity contribution in [3.05, 3.63) is 29.8 Å². The lowest BCUT2D eigenvalue weighted by molar-refractivity contribution is 0.339. The summed E-state index contributed by atoms with van der Waals surface area (Å²) in [5.74, 6) is 2.19. The maximum Gasteiger partial charge on any atom is 0.119 e. The minimum Gasteiger partial charge on any atom is -0.494 e. The summed E-state index contributed by atoms with van der Waals surface area (Å²) in [4.78, 5) is 0. The second-order valence-corrected chi connectivity index (χ2v) is 5.78. The van der Waals surface area contributed by atoms with E-state index in [-0.39, 0.29) is 6.04 Å². The van der Waals surface area contributed by atoms with Gasteiger partial charge >= 0.3 is 0 Å². The first-order valence-corrected chi connectivity index (χ1v) is 7.46. The fraction of sp³-hybridized carbons (Fsp3) is 0.571. The molecule has 17 heavy (non-hydrogen) atoms. The van der Waals surface area contributed by atoms with E-state index in [1.165, 1.54) is 30.6 Å². The van der Waals surface area contributed by atoms with Crippen molar-refractivity contribution in [1.29, 1.82) is 0 Å². The molecular weight excluding hydrogens is 230 g/mol. The average molecular weight is 251 g/mol. The monoisotopic (exact) mass is 251 g/mol. The van der Waals surface area contributed by atoms with Crippen LogP contribution < -0.4 is 10.5 Å². The van der Waals surface area contributed by atoms with Crippen LogP contribution in [-0.2, 0) is 0 Å². The lowest BCUT2D eigenvalue weighted by atomic mass is 10.0. The average Bonchev–Trinajstić information content (AvgIpc) is 2.40. The van der Waals surface area contributed by atoms with Crippen molar-refractivity contribution >= 4 is 11.8 Å². The zero-order valence-corrected chi connectivity index (χ0v) is 11.2. The van der Waals surface area contributed by atoms with E-state index in [0.29, 0.717) is 11.9 Å². The van der Waals surface area contributed by atoms with Crippen LogP contribution in [0.25, 0.3) is 0 Å². The summed E-state index contributed by atoms with van der Waals surface area (Å²) in [6.45, 7) is 2.71. The van der Waals surface area contributed by atoms with E-state index in [1.807, 2.05) is 30.8 Å². The lowest BCUT2D eigenvalue weighted by Crippen LogP contribution is -2.26. The molecule has 1 aliphatic rings. The van der Waals surface area contributed by atoms with Gasteiger partial charge in [0.05, 0.1) is 6.61 Å². The van der Waals surface area contributed by atoms with E-state index in [0.717, 1.165) is 5.75 Å². The van der Waals surface area contributed by atoms with Gasteiger partial charge in [-0.3, -0.25) is 0 Å². The van der Waals surface area contributed by atoms with E-state index >= 15 is 0 Å². The van der Waals surface area contributed by atoms with Crippen molar-refractivity contribution in [2.75, 3.05) is 12.4 Å². The molecule has 0 saturated carbocycles. The highest BCUT2D eigenvalue weighted by Gasteiger charge is 2.22. The molecule has 2 unspecified atom stereocenters. The Hall–Kier alpha value is -0.670. The van der Waals surface area contributed by atoms with Crippen molar-refractivity contribution < 1.29 is 4.74 Å². The third kappa shape index (κ3) is 3.39. The van der Waals surface area contributed by atoms with Crippen LogP contribution in [-0.4, -0.2) is 17.6 Å². The van der Waals surface area contributed by atoms with Crippen LogP contribution in [0.15, 0.2) is 24.3 Å². The largest absolute Gasteiger partial charge is 0.494 e. The Morgan fingerprint density at radius 1 is 1.47 bits per heavy atom. The van der Waals surface area contributed by atoms with Gasteiger partial charge in [-0.05, 0) is 43.2 Å². The molecule has 3 heteroatoms. The summed E-state index contributed by atoms with van der Waals surface area (Å²) >= 11 is 2.02. The SMILES string of the molecule is CCOc1cccc(C(N)C2CCCCS2)c1. The third-order valence-electron chi connectivity index (χ3n) is 3.17. The van der Waals surface area contributed by atoms with Crippen LogP contribution in [0.1, 0.15) is 37.8 Å². The topological polar surface area (TPSA) is 35.2 Å². The smallest absolute Gasteiger partial charge is 0.119 e. The summed E-state index contributed by atoms with van der Waals surface area (Å²) in [6.07, 6.45) is 3.90. The Bertz CT molecular complexity index is 350. The van der Waals surface area contributed by atoms with Gasteiger partial charge in [-0.15, -0.1) is 0 Å². The number of hydrogen-bond donors (Lipinski definition) is 1. The zero-order chi connectivity index (χ0) is 12.1. The molecule has 0 radical (unpaired) electrons. The normalized spacial score (nSPS) is 22.1. The van der Waals surface area contributed by atoms with Crippen LogP contribution in [0.5, 0.6) is 5.75 Å². The van der Waals surface area contributed by atoms with Gasteiger partial charge < -0.3 is 10.5 Å². The molecule has 0 bridgehead atoms.